The molecule has 0 aliphatic carbocycles. The molecule has 1 aromatic carbocycles. The van der Waals surface area contributed by atoms with Crippen LogP contribution in [-0.4, -0.2) is 63.4 Å². The lowest BCUT2D eigenvalue weighted by molar-refractivity contribution is 0.118. The summed E-state index contributed by atoms with van der Waals surface area (Å²) in [4.78, 5) is 9.49. The number of rotatable bonds is 6. The monoisotopic (exact) mass is 342 g/mol. The maximum Gasteiger partial charge on any atom is 0.257 e. The highest BCUT2D eigenvalue weighted by Crippen LogP contribution is 2.25. The van der Waals surface area contributed by atoms with Crippen LogP contribution in [0, 0.1) is 0 Å². The Morgan fingerprint density at radius 1 is 1.04 bits per heavy atom. The minimum atomic E-state index is 0.276. The smallest absolute Gasteiger partial charge is 0.257 e. The summed E-state index contributed by atoms with van der Waals surface area (Å²) in [7, 11) is 0. The van der Waals surface area contributed by atoms with Crippen LogP contribution in [0.2, 0.25) is 0 Å². The third kappa shape index (κ3) is 3.76. The van der Waals surface area contributed by atoms with E-state index in [4.69, 9.17) is 4.52 Å². The van der Waals surface area contributed by atoms with E-state index in [1.807, 2.05) is 30.3 Å². The van der Waals surface area contributed by atoms with Gasteiger partial charge in [0.15, 0.2) is 5.82 Å². The van der Waals surface area contributed by atoms with Gasteiger partial charge in [-0.15, -0.1) is 0 Å². The number of hydrogen-bond acceptors (Lipinski definition) is 6. The highest BCUT2D eigenvalue weighted by molar-refractivity contribution is 5.51. The summed E-state index contributed by atoms with van der Waals surface area (Å²) in [6.07, 6.45) is 4.74. The van der Waals surface area contributed by atoms with E-state index >= 15 is 0 Å². The van der Waals surface area contributed by atoms with Crippen molar-refractivity contribution >= 4 is 0 Å². The van der Waals surface area contributed by atoms with Gasteiger partial charge in [-0.3, -0.25) is 9.80 Å². The standard InChI is InChI=1S/C19H26N4O2/c24-14-17-9-5-10-22(17)12-16-8-4-11-23(16)13-18-20-19(25-21-18)15-6-2-1-3-7-15/h1-3,6-7,16-17,24H,4-5,8-14H2. The van der Waals surface area contributed by atoms with E-state index < -0.39 is 0 Å². The second-order valence-corrected chi connectivity index (χ2v) is 7.12. The van der Waals surface area contributed by atoms with Gasteiger partial charge in [-0.2, -0.15) is 4.98 Å². The molecule has 0 bridgehead atoms. The normalized spacial score (nSPS) is 25.0. The van der Waals surface area contributed by atoms with Crippen LogP contribution in [0.15, 0.2) is 34.9 Å². The first kappa shape index (κ1) is 16.7. The molecule has 4 rings (SSSR count). The van der Waals surface area contributed by atoms with E-state index in [-0.39, 0.29) is 6.61 Å². The second-order valence-electron chi connectivity index (χ2n) is 7.12. The van der Waals surface area contributed by atoms with E-state index in [1.54, 1.807) is 0 Å². The van der Waals surface area contributed by atoms with Crippen molar-refractivity contribution < 1.29 is 9.63 Å². The van der Waals surface area contributed by atoms with Crippen LogP contribution >= 0.6 is 0 Å². The van der Waals surface area contributed by atoms with Gasteiger partial charge >= 0.3 is 0 Å². The van der Waals surface area contributed by atoms with Crippen LogP contribution in [0.4, 0.5) is 0 Å². The predicted octanol–water partition coefficient (Wildman–Crippen LogP) is 2.16. The average Bonchev–Trinajstić information content (AvgIpc) is 3.38. The van der Waals surface area contributed by atoms with Gasteiger partial charge in [-0.25, -0.2) is 0 Å². The average molecular weight is 342 g/mol. The van der Waals surface area contributed by atoms with Gasteiger partial charge < -0.3 is 9.63 Å². The lowest BCUT2D eigenvalue weighted by atomic mass is 10.2. The fourth-order valence-corrected chi connectivity index (χ4v) is 4.12. The van der Waals surface area contributed by atoms with Crippen LogP contribution in [0.25, 0.3) is 11.5 Å². The quantitative estimate of drug-likeness (QED) is 0.868. The van der Waals surface area contributed by atoms with Crippen LogP contribution in [0.3, 0.4) is 0 Å². The molecule has 0 radical (unpaired) electrons. The molecule has 2 fully saturated rings. The fraction of sp³-hybridized carbons (Fsp3) is 0.579. The summed E-state index contributed by atoms with van der Waals surface area (Å²) < 4.78 is 5.43. The van der Waals surface area contributed by atoms with Crippen molar-refractivity contribution in [3.05, 3.63) is 36.2 Å². The molecule has 6 nitrogen and oxygen atoms in total. The molecule has 0 spiro atoms. The molecule has 2 saturated heterocycles. The molecule has 134 valence electrons. The highest BCUT2D eigenvalue weighted by Gasteiger charge is 2.31. The van der Waals surface area contributed by atoms with Gasteiger partial charge in [0.25, 0.3) is 5.89 Å². The second kappa shape index (κ2) is 7.64. The van der Waals surface area contributed by atoms with Gasteiger partial charge in [0.1, 0.15) is 0 Å². The summed E-state index contributed by atoms with van der Waals surface area (Å²) in [6.45, 7) is 4.23. The summed E-state index contributed by atoms with van der Waals surface area (Å²) >= 11 is 0. The first-order valence-electron chi connectivity index (χ1n) is 9.30. The zero-order valence-corrected chi connectivity index (χ0v) is 14.5. The van der Waals surface area contributed by atoms with Crippen molar-refractivity contribution in [2.24, 2.45) is 0 Å². The highest BCUT2D eigenvalue weighted by atomic mass is 16.5. The summed E-state index contributed by atoms with van der Waals surface area (Å²) in [5.74, 6) is 1.34. The Kier molecular flexibility index (Phi) is 5.10. The lowest BCUT2D eigenvalue weighted by Gasteiger charge is -2.30. The minimum Gasteiger partial charge on any atom is -0.395 e. The number of aliphatic hydroxyl groups excluding tert-OH is 1. The van der Waals surface area contributed by atoms with Crippen LogP contribution in [0.5, 0.6) is 0 Å². The Bertz CT molecular complexity index is 675. The van der Waals surface area contributed by atoms with E-state index in [1.165, 1.54) is 19.3 Å². The van der Waals surface area contributed by atoms with Crippen LogP contribution in [-0.2, 0) is 6.54 Å². The molecule has 6 heteroatoms. The number of aromatic nitrogens is 2. The van der Waals surface area contributed by atoms with Gasteiger partial charge in [-0.05, 0) is 50.9 Å². The third-order valence-corrected chi connectivity index (χ3v) is 5.49. The molecule has 0 amide bonds. The Labute approximate surface area is 148 Å². The van der Waals surface area contributed by atoms with Crippen LogP contribution < -0.4 is 0 Å². The number of hydrogen-bond donors (Lipinski definition) is 1. The molecule has 25 heavy (non-hydrogen) atoms. The predicted molar refractivity (Wildman–Crippen MR) is 94.8 cm³/mol. The summed E-state index contributed by atoms with van der Waals surface area (Å²) in [5, 5.41) is 13.7. The molecular weight excluding hydrogens is 316 g/mol. The van der Waals surface area contributed by atoms with Crippen molar-refractivity contribution in [3.8, 4) is 11.5 Å². The van der Waals surface area contributed by atoms with E-state index in [2.05, 4.69) is 19.9 Å². The van der Waals surface area contributed by atoms with Gasteiger partial charge in [0, 0.05) is 24.2 Å². The Morgan fingerprint density at radius 3 is 2.60 bits per heavy atom. The number of aliphatic hydroxyl groups is 1. The van der Waals surface area contributed by atoms with Crippen molar-refractivity contribution in [1.29, 1.82) is 0 Å². The largest absolute Gasteiger partial charge is 0.395 e. The van der Waals surface area contributed by atoms with Gasteiger partial charge in [0.05, 0.1) is 13.2 Å². The molecular formula is C19H26N4O2. The number of likely N-dealkylation sites (tertiary alicyclic amines) is 2. The van der Waals surface area contributed by atoms with Crippen molar-refractivity contribution in [1.82, 2.24) is 19.9 Å². The first-order chi connectivity index (χ1) is 12.3. The Balaban J connectivity index is 1.39. The zero-order chi connectivity index (χ0) is 17.1. The summed E-state index contributed by atoms with van der Waals surface area (Å²) in [6, 6.07) is 10.8. The molecule has 0 saturated carbocycles. The number of benzene rings is 1. The first-order valence-corrected chi connectivity index (χ1v) is 9.30. The van der Waals surface area contributed by atoms with Crippen molar-refractivity contribution in [2.75, 3.05) is 26.2 Å². The van der Waals surface area contributed by atoms with Crippen molar-refractivity contribution in [3.63, 3.8) is 0 Å². The molecule has 2 aromatic rings. The molecule has 1 N–H and O–H groups in total. The number of nitrogens with zero attached hydrogens (tertiary/aromatic N) is 4. The Hall–Kier alpha value is -1.76. The molecule has 2 aliphatic heterocycles. The van der Waals surface area contributed by atoms with Crippen molar-refractivity contribution in [2.45, 2.75) is 44.3 Å². The third-order valence-electron chi connectivity index (χ3n) is 5.49. The minimum absolute atomic E-state index is 0.276. The summed E-state index contributed by atoms with van der Waals surface area (Å²) in [5.41, 5.74) is 0.960. The van der Waals surface area contributed by atoms with E-state index in [0.717, 1.165) is 44.0 Å². The Morgan fingerprint density at radius 2 is 1.80 bits per heavy atom. The molecule has 2 atom stereocenters. The van der Waals surface area contributed by atoms with Crippen LogP contribution in [0.1, 0.15) is 31.5 Å². The fourth-order valence-electron chi connectivity index (χ4n) is 4.12. The van der Waals surface area contributed by atoms with Gasteiger partial charge in [-0.1, -0.05) is 23.4 Å². The topological polar surface area (TPSA) is 65.6 Å². The molecule has 3 heterocycles. The maximum absolute atomic E-state index is 9.53. The lowest BCUT2D eigenvalue weighted by Crippen LogP contribution is -2.43. The maximum atomic E-state index is 9.53. The zero-order valence-electron chi connectivity index (χ0n) is 14.5. The molecule has 2 aliphatic rings. The van der Waals surface area contributed by atoms with E-state index in [0.29, 0.717) is 18.0 Å². The molecule has 1 aromatic heterocycles. The van der Waals surface area contributed by atoms with Gasteiger partial charge in [0.2, 0.25) is 0 Å². The SMILES string of the molecule is OCC1CCCN1CC1CCCN1Cc1noc(-c2ccccc2)n1. The molecule has 2 unspecified atom stereocenters. The van der Waals surface area contributed by atoms with E-state index in [9.17, 15) is 5.11 Å².